The second-order valence-corrected chi connectivity index (χ2v) is 5.06. The van der Waals surface area contributed by atoms with E-state index in [4.69, 9.17) is 0 Å². The average molecular weight is 275 g/mol. The van der Waals surface area contributed by atoms with Gasteiger partial charge in [-0.3, -0.25) is 14.9 Å². The maximum Gasteiger partial charge on any atom is 0.234 e. The van der Waals surface area contributed by atoms with Crippen LogP contribution in [0.5, 0.6) is 0 Å². The number of piperidine rings is 1. The van der Waals surface area contributed by atoms with Gasteiger partial charge in [-0.05, 0) is 6.42 Å². The van der Waals surface area contributed by atoms with Gasteiger partial charge >= 0.3 is 0 Å². The number of hydrogen-bond acceptors (Lipinski definition) is 6. The number of anilines is 1. The topological polar surface area (TPSA) is 87.2 Å². The van der Waals surface area contributed by atoms with Gasteiger partial charge in [0, 0.05) is 50.6 Å². The Morgan fingerprint density at radius 2 is 1.85 bits per heavy atom. The zero-order valence-corrected chi connectivity index (χ0v) is 11.1. The van der Waals surface area contributed by atoms with E-state index in [9.17, 15) is 9.59 Å². The van der Waals surface area contributed by atoms with Gasteiger partial charge in [-0.25, -0.2) is 9.97 Å². The first-order valence-corrected chi connectivity index (χ1v) is 6.85. The molecular weight excluding hydrogens is 258 g/mol. The molecule has 20 heavy (non-hydrogen) atoms. The molecule has 7 heteroatoms. The molecule has 2 aliphatic heterocycles. The number of hydrogen-bond donors (Lipinski definition) is 2. The highest BCUT2D eigenvalue weighted by atomic mass is 16.2. The molecule has 3 rings (SSSR count). The second kappa shape index (κ2) is 5.54. The number of piperazine rings is 1. The third kappa shape index (κ3) is 2.62. The van der Waals surface area contributed by atoms with Crippen LogP contribution in [-0.2, 0) is 9.59 Å². The Morgan fingerprint density at radius 1 is 1.15 bits per heavy atom. The van der Waals surface area contributed by atoms with Crippen molar-refractivity contribution in [1.29, 1.82) is 0 Å². The molecule has 106 valence electrons. The summed E-state index contributed by atoms with van der Waals surface area (Å²) in [5.74, 6) is -0.0725. The highest BCUT2D eigenvalue weighted by Gasteiger charge is 2.28. The summed E-state index contributed by atoms with van der Waals surface area (Å²) in [7, 11) is 0. The summed E-state index contributed by atoms with van der Waals surface area (Å²) in [6.45, 7) is 3.63. The molecule has 7 nitrogen and oxygen atoms in total. The molecule has 2 aliphatic rings. The summed E-state index contributed by atoms with van der Waals surface area (Å²) in [4.78, 5) is 33.7. The van der Waals surface area contributed by atoms with E-state index >= 15 is 0 Å². The highest BCUT2D eigenvalue weighted by Crippen LogP contribution is 2.24. The molecule has 2 saturated heterocycles. The first-order valence-electron chi connectivity index (χ1n) is 6.85. The highest BCUT2D eigenvalue weighted by molar-refractivity contribution is 6.00. The summed E-state index contributed by atoms with van der Waals surface area (Å²) in [5.41, 5.74) is 0.772. The molecule has 2 amide bonds. The Balaban J connectivity index is 1.72. The van der Waals surface area contributed by atoms with E-state index in [0.29, 0.717) is 18.8 Å². The van der Waals surface area contributed by atoms with Crippen LogP contribution in [0.1, 0.15) is 24.3 Å². The molecule has 0 spiro atoms. The largest absolute Gasteiger partial charge is 0.338 e. The van der Waals surface area contributed by atoms with Crippen LogP contribution in [0, 0.1) is 0 Å². The van der Waals surface area contributed by atoms with E-state index in [1.165, 1.54) is 0 Å². The fraction of sp³-hybridized carbons (Fsp3) is 0.538. The molecular formula is C13H17N5O2. The number of rotatable bonds is 2. The van der Waals surface area contributed by atoms with Crippen LogP contribution in [0.2, 0.25) is 0 Å². The molecule has 1 aromatic heterocycles. The molecule has 0 bridgehead atoms. The fourth-order valence-electron chi connectivity index (χ4n) is 2.55. The standard InChI is InChI=1S/C13H17N5O2/c19-11-2-1-10(12(20)17-11)9-7-15-13(16-8-9)18-5-3-14-4-6-18/h7-8,10,14H,1-6H2,(H,17,19,20). The van der Waals surface area contributed by atoms with Gasteiger partial charge in [0.2, 0.25) is 17.8 Å². The zero-order valence-electron chi connectivity index (χ0n) is 11.1. The second-order valence-electron chi connectivity index (χ2n) is 5.06. The smallest absolute Gasteiger partial charge is 0.234 e. The van der Waals surface area contributed by atoms with Crippen molar-refractivity contribution in [3.05, 3.63) is 18.0 Å². The van der Waals surface area contributed by atoms with Crippen LogP contribution < -0.4 is 15.5 Å². The molecule has 0 saturated carbocycles. The average Bonchev–Trinajstić information content (AvgIpc) is 2.48. The summed E-state index contributed by atoms with van der Waals surface area (Å²) in [6, 6.07) is 0. The van der Waals surface area contributed by atoms with Gasteiger partial charge < -0.3 is 10.2 Å². The van der Waals surface area contributed by atoms with Crippen molar-refractivity contribution < 1.29 is 9.59 Å². The SMILES string of the molecule is O=C1CCC(c2cnc(N3CCNCC3)nc2)C(=O)N1. The minimum atomic E-state index is -0.315. The molecule has 3 heterocycles. The number of imide groups is 1. The minimum absolute atomic E-state index is 0.204. The van der Waals surface area contributed by atoms with E-state index in [0.717, 1.165) is 31.7 Å². The normalized spacial score (nSPS) is 23.6. The lowest BCUT2D eigenvalue weighted by molar-refractivity contribution is -0.134. The summed E-state index contributed by atoms with van der Waals surface area (Å²) in [6.07, 6.45) is 4.30. The Kier molecular flexibility index (Phi) is 3.60. The number of carbonyl (C=O) groups is 2. The van der Waals surface area contributed by atoms with Gasteiger partial charge in [-0.15, -0.1) is 0 Å². The van der Waals surface area contributed by atoms with E-state index in [-0.39, 0.29) is 17.7 Å². The Hall–Kier alpha value is -2.02. The van der Waals surface area contributed by atoms with Gasteiger partial charge in [-0.2, -0.15) is 0 Å². The first kappa shape index (κ1) is 13.0. The molecule has 0 aliphatic carbocycles. The molecule has 1 atom stereocenters. The summed E-state index contributed by atoms with van der Waals surface area (Å²) in [5, 5.41) is 5.63. The van der Waals surface area contributed by atoms with Gasteiger partial charge in [0.25, 0.3) is 0 Å². The Labute approximate surface area is 116 Å². The Bertz CT molecular complexity index is 510. The molecule has 1 unspecified atom stereocenters. The Morgan fingerprint density at radius 3 is 2.50 bits per heavy atom. The van der Waals surface area contributed by atoms with Crippen LogP contribution in [0.3, 0.4) is 0 Å². The van der Waals surface area contributed by atoms with Crippen molar-refractivity contribution >= 4 is 17.8 Å². The van der Waals surface area contributed by atoms with Gasteiger partial charge in [-0.1, -0.05) is 0 Å². The van der Waals surface area contributed by atoms with Crippen molar-refractivity contribution in [2.75, 3.05) is 31.1 Å². The third-order valence-corrected chi connectivity index (χ3v) is 3.70. The maximum absolute atomic E-state index is 11.8. The van der Waals surface area contributed by atoms with Gasteiger partial charge in [0.1, 0.15) is 0 Å². The van der Waals surface area contributed by atoms with Crippen LogP contribution in [0.25, 0.3) is 0 Å². The molecule has 2 N–H and O–H groups in total. The predicted octanol–water partition coefficient (Wildman–Crippen LogP) is -0.594. The van der Waals surface area contributed by atoms with E-state index in [1.807, 2.05) is 0 Å². The monoisotopic (exact) mass is 275 g/mol. The quantitative estimate of drug-likeness (QED) is 0.701. The lowest BCUT2D eigenvalue weighted by Crippen LogP contribution is -2.44. The minimum Gasteiger partial charge on any atom is -0.338 e. The van der Waals surface area contributed by atoms with Crippen LogP contribution >= 0.6 is 0 Å². The zero-order chi connectivity index (χ0) is 13.9. The molecule has 2 fully saturated rings. The lowest BCUT2D eigenvalue weighted by atomic mass is 9.92. The first-order chi connectivity index (χ1) is 9.74. The van der Waals surface area contributed by atoms with Gasteiger partial charge in [0.15, 0.2) is 0 Å². The van der Waals surface area contributed by atoms with Crippen LogP contribution in [0.15, 0.2) is 12.4 Å². The third-order valence-electron chi connectivity index (χ3n) is 3.70. The number of aromatic nitrogens is 2. The van der Waals surface area contributed by atoms with Gasteiger partial charge in [0.05, 0.1) is 5.92 Å². The number of amides is 2. The van der Waals surface area contributed by atoms with Crippen molar-refractivity contribution in [2.45, 2.75) is 18.8 Å². The summed E-state index contributed by atoms with van der Waals surface area (Å²) >= 11 is 0. The van der Waals surface area contributed by atoms with Crippen molar-refractivity contribution in [3.63, 3.8) is 0 Å². The molecule has 1 aromatic rings. The number of nitrogens with zero attached hydrogens (tertiary/aromatic N) is 3. The lowest BCUT2D eigenvalue weighted by Gasteiger charge is -2.27. The molecule has 0 radical (unpaired) electrons. The number of nitrogens with one attached hydrogen (secondary N) is 2. The van der Waals surface area contributed by atoms with Crippen LogP contribution in [-0.4, -0.2) is 48.0 Å². The van der Waals surface area contributed by atoms with Crippen LogP contribution in [0.4, 0.5) is 5.95 Å². The summed E-state index contributed by atoms with van der Waals surface area (Å²) < 4.78 is 0. The van der Waals surface area contributed by atoms with E-state index in [1.54, 1.807) is 12.4 Å². The van der Waals surface area contributed by atoms with Crippen molar-refractivity contribution in [1.82, 2.24) is 20.6 Å². The molecule has 0 aromatic carbocycles. The van der Waals surface area contributed by atoms with E-state index in [2.05, 4.69) is 25.5 Å². The van der Waals surface area contributed by atoms with Crippen molar-refractivity contribution in [2.24, 2.45) is 0 Å². The fourth-order valence-corrected chi connectivity index (χ4v) is 2.55. The number of carbonyl (C=O) groups excluding carboxylic acids is 2. The predicted molar refractivity (Wildman–Crippen MR) is 72.2 cm³/mol. The maximum atomic E-state index is 11.8. The van der Waals surface area contributed by atoms with E-state index < -0.39 is 0 Å². The van der Waals surface area contributed by atoms with Crippen molar-refractivity contribution in [3.8, 4) is 0 Å².